The van der Waals surface area contributed by atoms with Gasteiger partial charge in [0.05, 0.1) is 18.0 Å². The van der Waals surface area contributed by atoms with Gasteiger partial charge in [-0.05, 0) is 31.0 Å². The van der Waals surface area contributed by atoms with Gasteiger partial charge < -0.3 is 15.4 Å². The van der Waals surface area contributed by atoms with Gasteiger partial charge in [-0.3, -0.25) is 4.31 Å². The molecule has 8 heteroatoms. The molecule has 2 aliphatic heterocycles. The first-order chi connectivity index (χ1) is 11.0. The molecular formula is C15H21N3O4S. The molecule has 0 saturated carbocycles. The van der Waals surface area contributed by atoms with Crippen LogP contribution >= 0.6 is 0 Å². The van der Waals surface area contributed by atoms with Gasteiger partial charge in [0.2, 0.25) is 10.0 Å². The Kier molecular flexibility index (Phi) is 4.72. The predicted octanol–water partition coefficient (Wildman–Crippen LogP) is 1.38. The van der Waals surface area contributed by atoms with Crippen LogP contribution in [0.1, 0.15) is 12.8 Å². The van der Waals surface area contributed by atoms with Crippen molar-refractivity contribution in [2.45, 2.75) is 12.8 Å². The third-order valence-corrected chi connectivity index (χ3v) is 5.94. The largest absolute Gasteiger partial charge is 0.381 e. The van der Waals surface area contributed by atoms with Crippen molar-refractivity contribution in [2.75, 3.05) is 41.7 Å². The molecule has 126 valence electrons. The molecule has 2 N–H and O–H groups in total. The Bertz CT molecular complexity index is 671. The monoisotopic (exact) mass is 339 g/mol. The van der Waals surface area contributed by atoms with Gasteiger partial charge in [0, 0.05) is 31.3 Å². The summed E-state index contributed by atoms with van der Waals surface area (Å²) >= 11 is 0. The van der Waals surface area contributed by atoms with E-state index >= 15 is 0 Å². The first-order valence-corrected chi connectivity index (χ1v) is 9.38. The SMILES string of the molecule is O=C(NCC1CCOC1)Nc1cccc(N2CCCS2(=O)=O)c1. The van der Waals surface area contributed by atoms with Crippen molar-refractivity contribution in [3.8, 4) is 0 Å². The van der Waals surface area contributed by atoms with Gasteiger partial charge in [0.1, 0.15) is 0 Å². The summed E-state index contributed by atoms with van der Waals surface area (Å²) < 4.78 is 30.6. The number of carbonyl (C=O) groups is 1. The van der Waals surface area contributed by atoms with Crippen LogP contribution in [0.3, 0.4) is 0 Å². The third kappa shape index (κ3) is 3.94. The van der Waals surface area contributed by atoms with E-state index in [1.165, 1.54) is 4.31 Å². The molecule has 0 bridgehead atoms. The Hall–Kier alpha value is -1.80. The number of nitrogens with one attached hydrogen (secondary N) is 2. The van der Waals surface area contributed by atoms with Gasteiger partial charge in [-0.2, -0.15) is 0 Å². The molecule has 2 aliphatic rings. The van der Waals surface area contributed by atoms with Crippen LogP contribution in [-0.4, -0.2) is 46.5 Å². The van der Waals surface area contributed by atoms with Gasteiger partial charge in [0.25, 0.3) is 0 Å². The van der Waals surface area contributed by atoms with E-state index in [0.717, 1.165) is 13.0 Å². The highest BCUT2D eigenvalue weighted by Crippen LogP contribution is 2.26. The molecule has 1 aromatic carbocycles. The van der Waals surface area contributed by atoms with Crippen molar-refractivity contribution in [1.29, 1.82) is 0 Å². The summed E-state index contributed by atoms with van der Waals surface area (Å²) in [6.07, 6.45) is 1.59. The fourth-order valence-electron chi connectivity index (χ4n) is 2.82. The molecule has 1 unspecified atom stereocenters. The third-order valence-electron chi connectivity index (χ3n) is 4.07. The molecule has 0 radical (unpaired) electrons. The summed E-state index contributed by atoms with van der Waals surface area (Å²) in [6.45, 7) is 2.49. The molecule has 0 spiro atoms. The lowest BCUT2D eigenvalue weighted by molar-refractivity contribution is 0.185. The van der Waals surface area contributed by atoms with E-state index in [1.807, 2.05) is 0 Å². The summed E-state index contributed by atoms with van der Waals surface area (Å²) in [5, 5.41) is 5.56. The van der Waals surface area contributed by atoms with E-state index < -0.39 is 10.0 Å². The molecule has 0 aromatic heterocycles. The molecule has 2 amide bonds. The van der Waals surface area contributed by atoms with Crippen LogP contribution in [-0.2, 0) is 14.8 Å². The molecule has 1 atom stereocenters. The maximum absolute atomic E-state index is 12.0. The van der Waals surface area contributed by atoms with Crippen LogP contribution in [0.2, 0.25) is 0 Å². The Morgan fingerprint density at radius 2 is 2.26 bits per heavy atom. The number of sulfonamides is 1. The number of urea groups is 1. The number of rotatable bonds is 4. The fraction of sp³-hybridized carbons (Fsp3) is 0.533. The summed E-state index contributed by atoms with van der Waals surface area (Å²) in [6, 6.07) is 6.61. The molecule has 1 aromatic rings. The molecular weight excluding hydrogens is 318 g/mol. The summed E-state index contributed by atoms with van der Waals surface area (Å²) in [5.41, 5.74) is 1.16. The minimum atomic E-state index is -3.22. The van der Waals surface area contributed by atoms with Gasteiger partial charge in [0.15, 0.2) is 0 Å². The minimum Gasteiger partial charge on any atom is -0.381 e. The average molecular weight is 339 g/mol. The van der Waals surface area contributed by atoms with Gasteiger partial charge in [-0.25, -0.2) is 13.2 Å². The Balaban J connectivity index is 1.60. The van der Waals surface area contributed by atoms with E-state index in [1.54, 1.807) is 24.3 Å². The van der Waals surface area contributed by atoms with Crippen LogP contribution in [0.5, 0.6) is 0 Å². The van der Waals surface area contributed by atoms with E-state index in [9.17, 15) is 13.2 Å². The fourth-order valence-corrected chi connectivity index (χ4v) is 4.38. The Morgan fingerprint density at radius 3 is 2.96 bits per heavy atom. The van der Waals surface area contributed by atoms with Crippen molar-refractivity contribution >= 4 is 27.4 Å². The maximum Gasteiger partial charge on any atom is 0.319 e. The molecule has 2 saturated heterocycles. The van der Waals surface area contributed by atoms with Gasteiger partial charge in [-0.1, -0.05) is 6.07 Å². The lowest BCUT2D eigenvalue weighted by Crippen LogP contribution is -2.33. The van der Waals surface area contributed by atoms with Crippen molar-refractivity contribution in [3.05, 3.63) is 24.3 Å². The second-order valence-electron chi connectivity index (χ2n) is 5.86. The lowest BCUT2D eigenvalue weighted by Gasteiger charge is -2.18. The normalized spacial score (nSPS) is 23.0. The summed E-state index contributed by atoms with van der Waals surface area (Å²) in [5.74, 6) is 0.538. The number of anilines is 2. The zero-order chi connectivity index (χ0) is 16.3. The minimum absolute atomic E-state index is 0.175. The van der Waals surface area contributed by atoms with Gasteiger partial charge >= 0.3 is 6.03 Å². The number of hydrogen-bond acceptors (Lipinski definition) is 4. The molecule has 7 nitrogen and oxygen atoms in total. The Labute approximate surface area is 136 Å². The van der Waals surface area contributed by atoms with Crippen molar-refractivity contribution < 1.29 is 17.9 Å². The van der Waals surface area contributed by atoms with E-state index in [-0.39, 0.29) is 11.8 Å². The standard InChI is InChI=1S/C15H21N3O4S/c19-15(16-10-12-5-7-22-11-12)17-13-3-1-4-14(9-13)18-6-2-8-23(18,20)21/h1,3-4,9,12H,2,5-8,10-11H2,(H2,16,17,19). The maximum atomic E-state index is 12.0. The van der Waals surface area contributed by atoms with E-state index in [0.29, 0.717) is 43.4 Å². The molecule has 3 rings (SSSR count). The zero-order valence-corrected chi connectivity index (χ0v) is 13.6. The van der Waals surface area contributed by atoms with Crippen molar-refractivity contribution in [2.24, 2.45) is 5.92 Å². The number of nitrogens with zero attached hydrogens (tertiary/aromatic N) is 1. The topological polar surface area (TPSA) is 87.7 Å². The second-order valence-corrected chi connectivity index (χ2v) is 7.87. The molecule has 0 aliphatic carbocycles. The lowest BCUT2D eigenvalue weighted by atomic mass is 10.1. The highest BCUT2D eigenvalue weighted by atomic mass is 32.2. The van der Waals surface area contributed by atoms with Crippen LogP contribution in [0, 0.1) is 5.92 Å². The van der Waals surface area contributed by atoms with Crippen LogP contribution < -0.4 is 14.9 Å². The molecule has 23 heavy (non-hydrogen) atoms. The molecule has 2 fully saturated rings. The van der Waals surface area contributed by atoms with Crippen molar-refractivity contribution in [1.82, 2.24) is 5.32 Å². The van der Waals surface area contributed by atoms with Gasteiger partial charge in [-0.15, -0.1) is 0 Å². The molecule has 2 heterocycles. The van der Waals surface area contributed by atoms with Crippen molar-refractivity contribution in [3.63, 3.8) is 0 Å². The highest BCUT2D eigenvalue weighted by Gasteiger charge is 2.28. The summed E-state index contributed by atoms with van der Waals surface area (Å²) in [7, 11) is -3.22. The smallest absolute Gasteiger partial charge is 0.319 e. The highest BCUT2D eigenvalue weighted by molar-refractivity contribution is 7.93. The van der Waals surface area contributed by atoms with Crippen LogP contribution in [0.4, 0.5) is 16.2 Å². The predicted molar refractivity (Wildman–Crippen MR) is 88.1 cm³/mol. The zero-order valence-electron chi connectivity index (χ0n) is 12.8. The second kappa shape index (κ2) is 6.76. The van der Waals surface area contributed by atoms with Crippen LogP contribution in [0.15, 0.2) is 24.3 Å². The number of benzene rings is 1. The first kappa shape index (κ1) is 16.1. The number of ether oxygens (including phenoxy) is 1. The first-order valence-electron chi connectivity index (χ1n) is 7.78. The Morgan fingerprint density at radius 1 is 1.39 bits per heavy atom. The summed E-state index contributed by atoms with van der Waals surface area (Å²) in [4.78, 5) is 11.9. The number of hydrogen-bond donors (Lipinski definition) is 2. The van der Waals surface area contributed by atoms with Crippen LogP contribution in [0.25, 0.3) is 0 Å². The quantitative estimate of drug-likeness (QED) is 0.868. The van der Waals surface area contributed by atoms with E-state index in [4.69, 9.17) is 4.74 Å². The average Bonchev–Trinajstić information content (AvgIpc) is 3.14. The van der Waals surface area contributed by atoms with E-state index in [2.05, 4.69) is 10.6 Å². The number of carbonyl (C=O) groups excluding carboxylic acids is 1. The number of amides is 2.